The zero-order valence-electron chi connectivity index (χ0n) is 17.0. The van der Waals surface area contributed by atoms with Gasteiger partial charge in [0, 0.05) is 17.5 Å². The van der Waals surface area contributed by atoms with Crippen molar-refractivity contribution in [3.8, 4) is 11.3 Å². The summed E-state index contributed by atoms with van der Waals surface area (Å²) in [4.78, 5) is 63.0. The van der Waals surface area contributed by atoms with Gasteiger partial charge >= 0.3 is 23.8 Å². The van der Waals surface area contributed by atoms with Gasteiger partial charge in [-0.25, -0.2) is 14.5 Å². The summed E-state index contributed by atoms with van der Waals surface area (Å²) in [5.41, 5.74) is 0.549. The van der Waals surface area contributed by atoms with Crippen LogP contribution in [0.5, 0.6) is 0 Å². The van der Waals surface area contributed by atoms with E-state index in [0.29, 0.717) is 22.6 Å². The Morgan fingerprint density at radius 2 is 1.90 bits per heavy atom. The molecule has 10 nitrogen and oxygen atoms in total. The molecule has 31 heavy (non-hydrogen) atoms. The molecular weight excluding hydrogens is 426 g/mol. The molecule has 2 aromatic rings. The maximum absolute atomic E-state index is 12.6. The standard InChI is InChI=1S/C20H21N3O7S/c1-3-5-8-22-17(25)18(26)23(20(22)28)10-14(24)21-16-15(19(27)29-4-2)12(11-31-16)13-7-6-9-30-13/h6-7,9,11H,3-5,8,10H2,1-2H3,(H,21,24). The van der Waals surface area contributed by atoms with Crippen molar-refractivity contribution in [2.24, 2.45) is 0 Å². The van der Waals surface area contributed by atoms with Gasteiger partial charge < -0.3 is 14.5 Å². The lowest BCUT2D eigenvalue weighted by Gasteiger charge is -2.15. The molecule has 1 aliphatic rings. The van der Waals surface area contributed by atoms with Gasteiger partial charge in [0.25, 0.3) is 0 Å². The fraction of sp³-hybridized carbons (Fsp3) is 0.350. The van der Waals surface area contributed by atoms with E-state index in [-0.39, 0.29) is 23.7 Å². The summed E-state index contributed by atoms with van der Waals surface area (Å²) < 4.78 is 10.4. The van der Waals surface area contributed by atoms with Crippen LogP contribution < -0.4 is 5.32 Å². The van der Waals surface area contributed by atoms with Crippen LogP contribution in [0.15, 0.2) is 28.2 Å². The van der Waals surface area contributed by atoms with E-state index >= 15 is 0 Å². The van der Waals surface area contributed by atoms with Gasteiger partial charge in [0.2, 0.25) is 5.91 Å². The number of amides is 5. The van der Waals surface area contributed by atoms with Crippen molar-refractivity contribution in [3.05, 3.63) is 29.3 Å². The quantitative estimate of drug-likeness (QED) is 0.356. The van der Waals surface area contributed by atoms with E-state index in [9.17, 15) is 24.0 Å². The minimum absolute atomic E-state index is 0.106. The second-order valence-corrected chi connectivity index (χ2v) is 7.46. The summed E-state index contributed by atoms with van der Waals surface area (Å²) in [6, 6.07) is 2.49. The van der Waals surface area contributed by atoms with Crippen LogP contribution in [0.2, 0.25) is 0 Å². The summed E-state index contributed by atoms with van der Waals surface area (Å²) in [7, 11) is 0. The molecule has 3 rings (SSSR count). The van der Waals surface area contributed by atoms with Crippen LogP contribution in [0.3, 0.4) is 0 Å². The number of nitrogens with one attached hydrogen (secondary N) is 1. The van der Waals surface area contributed by atoms with Gasteiger partial charge in [-0.15, -0.1) is 11.3 Å². The summed E-state index contributed by atoms with van der Waals surface area (Å²) in [5, 5.41) is 4.35. The predicted molar refractivity (Wildman–Crippen MR) is 110 cm³/mol. The first kappa shape index (κ1) is 22.2. The summed E-state index contributed by atoms with van der Waals surface area (Å²) in [6.45, 7) is 3.13. The largest absolute Gasteiger partial charge is 0.464 e. The zero-order valence-corrected chi connectivity index (χ0v) is 17.8. The van der Waals surface area contributed by atoms with E-state index in [0.717, 1.165) is 22.7 Å². The first-order valence-corrected chi connectivity index (χ1v) is 10.6. The average Bonchev–Trinajstić information content (AvgIpc) is 3.44. The Kier molecular flexibility index (Phi) is 6.85. The second-order valence-electron chi connectivity index (χ2n) is 6.58. The van der Waals surface area contributed by atoms with Crippen LogP contribution in [0, 0.1) is 0 Å². The number of thiophene rings is 1. The maximum Gasteiger partial charge on any atom is 0.341 e. The highest BCUT2D eigenvalue weighted by molar-refractivity contribution is 7.15. The second kappa shape index (κ2) is 9.56. The van der Waals surface area contributed by atoms with Crippen LogP contribution in [0.4, 0.5) is 9.80 Å². The van der Waals surface area contributed by atoms with Crippen LogP contribution in [0.25, 0.3) is 11.3 Å². The number of ether oxygens (including phenoxy) is 1. The van der Waals surface area contributed by atoms with Crippen molar-refractivity contribution in [1.29, 1.82) is 0 Å². The minimum atomic E-state index is -1.05. The molecule has 5 amide bonds. The normalized spacial score (nSPS) is 13.8. The number of rotatable bonds is 9. The molecule has 2 aromatic heterocycles. The summed E-state index contributed by atoms with van der Waals surface area (Å²) in [6.07, 6.45) is 2.74. The molecule has 1 fully saturated rings. The van der Waals surface area contributed by atoms with Crippen LogP contribution in [-0.4, -0.2) is 59.2 Å². The first-order chi connectivity index (χ1) is 14.9. The number of unbranched alkanes of at least 4 members (excludes halogenated alkanes) is 1. The van der Waals surface area contributed by atoms with Gasteiger partial charge in [-0.3, -0.25) is 19.3 Å². The number of carbonyl (C=O) groups excluding carboxylic acids is 5. The molecule has 164 valence electrons. The molecule has 0 atom stereocenters. The van der Waals surface area contributed by atoms with Crippen molar-refractivity contribution in [1.82, 2.24) is 9.80 Å². The van der Waals surface area contributed by atoms with E-state index in [2.05, 4.69) is 5.32 Å². The molecule has 0 unspecified atom stereocenters. The number of furan rings is 1. The van der Waals surface area contributed by atoms with Crippen molar-refractivity contribution in [2.75, 3.05) is 25.0 Å². The number of nitrogens with zero attached hydrogens (tertiary/aromatic N) is 2. The molecule has 0 radical (unpaired) electrons. The topological polar surface area (TPSA) is 126 Å². The molecule has 0 aliphatic carbocycles. The van der Waals surface area contributed by atoms with Gasteiger partial charge in [-0.05, 0) is 25.5 Å². The molecule has 0 saturated carbocycles. The fourth-order valence-corrected chi connectivity index (χ4v) is 3.94. The van der Waals surface area contributed by atoms with Crippen molar-refractivity contribution in [3.63, 3.8) is 0 Å². The van der Waals surface area contributed by atoms with Gasteiger partial charge in [-0.1, -0.05) is 13.3 Å². The molecule has 1 saturated heterocycles. The average molecular weight is 447 g/mol. The highest BCUT2D eigenvalue weighted by Crippen LogP contribution is 2.36. The third kappa shape index (κ3) is 4.50. The lowest BCUT2D eigenvalue weighted by atomic mass is 10.1. The zero-order chi connectivity index (χ0) is 22.5. The van der Waals surface area contributed by atoms with Crippen LogP contribution in [0.1, 0.15) is 37.0 Å². The smallest absolute Gasteiger partial charge is 0.341 e. The number of carbonyl (C=O) groups is 5. The summed E-state index contributed by atoms with van der Waals surface area (Å²) in [5.74, 6) is -2.97. The van der Waals surface area contributed by atoms with E-state index < -0.39 is 36.3 Å². The minimum Gasteiger partial charge on any atom is -0.464 e. The van der Waals surface area contributed by atoms with E-state index in [1.165, 1.54) is 6.26 Å². The molecule has 3 heterocycles. The highest BCUT2D eigenvalue weighted by atomic mass is 32.1. The third-order valence-electron chi connectivity index (χ3n) is 4.48. The monoisotopic (exact) mass is 447 g/mol. The lowest BCUT2D eigenvalue weighted by Crippen LogP contribution is -2.39. The molecular formula is C20H21N3O7S. The lowest BCUT2D eigenvalue weighted by molar-refractivity contribution is -0.143. The first-order valence-electron chi connectivity index (χ1n) is 9.68. The predicted octanol–water partition coefficient (Wildman–Crippen LogP) is 2.71. The molecule has 0 bridgehead atoms. The van der Waals surface area contributed by atoms with E-state index in [1.807, 2.05) is 6.92 Å². The number of hydrogen-bond donors (Lipinski definition) is 1. The Morgan fingerprint density at radius 1 is 1.16 bits per heavy atom. The van der Waals surface area contributed by atoms with Crippen molar-refractivity contribution in [2.45, 2.75) is 26.7 Å². The molecule has 0 spiro atoms. The van der Waals surface area contributed by atoms with Crippen molar-refractivity contribution >= 4 is 46.1 Å². The van der Waals surface area contributed by atoms with Gasteiger partial charge in [0.05, 0.1) is 12.9 Å². The molecule has 1 aliphatic heterocycles. The maximum atomic E-state index is 12.6. The van der Waals surface area contributed by atoms with Gasteiger partial charge in [0.1, 0.15) is 22.9 Å². The van der Waals surface area contributed by atoms with Gasteiger partial charge in [0.15, 0.2) is 0 Å². The van der Waals surface area contributed by atoms with E-state index in [1.54, 1.807) is 24.4 Å². The van der Waals surface area contributed by atoms with Crippen LogP contribution in [-0.2, 0) is 19.1 Å². The Labute approximate surface area is 181 Å². The number of imide groups is 2. The number of anilines is 1. The Balaban J connectivity index is 1.78. The Bertz CT molecular complexity index is 1010. The molecule has 11 heteroatoms. The van der Waals surface area contributed by atoms with Crippen molar-refractivity contribution < 1.29 is 33.1 Å². The van der Waals surface area contributed by atoms with Crippen LogP contribution >= 0.6 is 11.3 Å². The molecule has 0 aromatic carbocycles. The Hall–Kier alpha value is -3.47. The fourth-order valence-electron chi connectivity index (χ4n) is 2.98. The highest BCUT2D eigenvalue weighted by Gasteiger charge is 2.44. The van der Waals surface area contributed by atoms with E-state index in [4.69, 9.17) is 9.15 Å². The number of urea groups is 1. The summed E-state index contributed by atoms with van der Waals surface area (Å²) >= 11 is 1.07. The SMILES string of the molecule is CCCCN1C(=O)C(=O)N(CC(=O)Nc2scc(-c3ccco3)c2C(=O)OCC)C1=O. The Morgan fingerprint density at radius 3 is 2.55 bits per heavy atom. The number of hydrogen-bond acceptors (Lipinski definition) is 8. The van der Waals surface area contributed by atoms with Gasteiger partial charge in [-0.2, -0.15) is 0 Å². The number of esters is 1. The molecule has 1 N–H and O–H groups in total. The third-order valence-corrected chi connectivity index (χ3v) is 5.38.